The van der Waals surface area contributed by atoms with Crippen LogP contribution in [0.15, 0.2) is 59.4 Å². The number of nitrogens with zero attached hydrogens (tertiary/aromatic N) is 4. The molecule has 3 aromatic rings. The molecule has 0 bridgehead atoms. The van der Waals surface area contributed by atoms with Gasteiger partial charge in [-0.15, -0.1) is 0 Å². The molecule has 8 nitrogen and oxygen atoms in total. The van der Waals surface area contributed by atoms with Gasteiger partial charge in [-0.3, -0.25) is 4.98 Å². The van der Waals surface area contributed by atoms with Gasteiger partial charge in [0.1, 0.15) is 6.10 Å². The second kappa shape index (κ2) is 7.32. The van der Waals surface area contributed by atoms with Crippen molar-refractivity contribution in [3.05, 3.63) is 60.7 Å². The maximum absolute atomic E-state index is 12.4. The Balaban J connectivity index is 1.44. The van der Waals surface area contributed by atoms with Crippen LogP contribution >= 0.6 is 0 Å². The van der Waals surface area contributed by atoms with Gasteiger partial charge in [-0.05, 0) is 24.3 Å². The molecule has 1 aliphatic heterocycles. The van der Waals surface area contributed by atoms with Gasteiger partial charge in [0.05, 0.1) is 25.0 Å². The first-order valence-corrected chi connectivity index (χ1v) is 8.26. The van der Waals surface area contributed by atoms with Crippen molar-refractivity contribution >= 4 is 11.7 Å². The highest BCUT2D eigenvalue weighted by Crippen LogP contribution is 2.24. The number of urea groups is 1. The van der Waals surface area contributed by atoms with Crippen LogP contribution in [-0.2, 0) is 4.74 Å². The minimum absolute atomic E-state index is 0.210. The first kappa shape index (κ1) is 16.2. The molecule has 0 radical (unpaired) electrons. The van der Waals surface area contributed by atoms with Crippen LogP contribution in [0.2, 0.25) is 0 Å². The zero-order valence-corrected chi connectivity index (χ0v) is 13.9. The van der Waals surface area contributed by atoms with Crippen molar-refractivity contribution < 1.29 is 14.1 Å². The lowest BCUT2D eigenvalue weighted by Gasteiger charge is -2.31. The van der Waals surface area contributed by atoms with E-state index < -0.39 is 6.10 Å². The van der Waals surface area contributed by atoms with Crippen LogP contribution < -0.4 is 5.32 Å². The molecule has 8 heteroatoms. The monoisotopic (exact) mass is 351 g/mol. The Labute approximate surface area is 149 Å². The number of carbonyl (C=O) groups is 1. The second-order valence-corrected chi connectivity index (χ2v) is 5.80. The van der Waals surface area contributed by atoms with Crippen LogP contribution in [0.3, 0.4) is 0 Å². The number of morpholine rings is 1. The van der Waals surface area contributed by atoms with Crippen molar-refractivity contribution in [3.8, 4) is 11.5 Å². The number of anilines is 1. The molecule has 2 aromatic heterocycles. The first-order valence-electron chi connectivity index (χ1n) is 8.26. The van der Waals surface area contributed by atoms with Crippen LogP contribution in [0, 0.1) is 0 Å². The van der Waals surface area contributed by atoms with E-state index >= 15 is 0 Å². The number of pyridine rings is 1. The SMILES string of the molecule is O=C(Nc1cccnc1)N1CCO[C@@H](c2noc(-c3ccccc3)n2)C1. The number of hydrogen-bond donors (Lipinski definition) is 1. The minimum atomic E-state index is -0.426. The van der Waals surface area contributed by atoms with Gasteiger partial charge < -0.3 is 19.5 Å². The minimum Gasteiger partial charge on any atom is -0.366 e. The molecule has 4 rings (SSSR count). The molecule has 1 saturated heterocycles. The topological polar surface area (TPSA) is 93.4 Å². The van der Waals surface area contributed by atoms with Gasteiger partial charge in [0.15, 0.2) is 0 Å². The van der Waals surface area contributed by atoms with Crippen LogP contribution in [-0.4, -0.2) is 45.8 Å². The average Bonchev–Trinajstić information content (AvgIpc) is 3.20. The Bertz CT molecular complexity index is 869. The fourth-order valence-electron chi connectivity index (χ4n) is 2.69. The molecular formula is C18H17N5O3. The maximum atomic E-state index is 12.4. The summed E-state index contributed by atoms with van der Waals surface area (Å²) >= 11 is 0. The average molecular weight is 351 g/mol. The molecule has 1 aromatic carbocycles. The Morgan fingerprint density at radius 1 is 1.19 bits per heavy atom. The van der Waals surface area contributed by atoms with E-state index in [9.17, 15) is 4.79 Å². The number of rotatable bonds is 3. The smallest absolute Gasteiger partial charge is 0.322 e. The predicted octanol–water partition coefficient (Wildman–Crippen LogP) is 2.74. The number of ether oxygens (including phenoxy) is 1. The van der Waals surface area contributed by atoms with Crippen molar-refractivity contribution in [2.45, 2.75) is 6.10 Å². The summed E-state index contributed by atoms with van der Waals surface area (Å²) < 4.78 is 11.1. The van der Waals surface area contributed by atoms with E-state index in [0.29, 0.717) is 37.1 Å². The number of carbonyl (C=O) groups excluding carboxylic acids is 1. The van der Waals surface area contributed by atoms with E-state index in [1.54, 1.807) is 29.4 Å². The van der Waals surface area contributed by atoms with Crippen molar-refractivity contribution in [1.29, 1.82) is 0 Å². The third-order valence-electron chi connectivity index (χ3n) is 4.02. The normalized spacial score (nSPS) is 17.1. The summed E-state index contributed by atoms with van der Waals surface area (Å²) in [6.45, 7) is 1.24. The van der Waals surface area contributed by atoms with Gasteiger partial charge in [-0.1, -0.05) is 23.4 Å². The Hall–Kier alpha value is -3.26. The van der Waals surface area contributed by atoms with Gasteiger partial charge in [-0.25, -0.2) is 4.79 Å². The third-order valence-corrected chi connectivity index (χ3v) is 4.02. The standard InChI is InChI=1S/C18H17N5O3/c24-18(20-14-7-4-8-19-11-14)23-9-10-25-15(12-23)16-21-17(26-22-16)13-5-2-1-3-6-13/h1-8,11,15H,9-10,12H2,(H,20,24)/t15-/m1/s1. The molecule has 0 unspecified atom stereocenters. The molecule has 132 valence electrons. The molecule has 1 fully saturated rings. The number of amides is 2. The lowest BCUT2D eigenvalue weighted by molar-refractivity contribution is -0.0190. The van der Waals surface area contributed by atoms with Crippen molar-refractivity contribution in [3.63, 3.8) is 0 Å². The molecule has 26 heavy (non-hydrogen) atoms. The van der Waals surface area contributed by atoms with Crippen molar-refractivity contribution in [1.82, 2.24) is 20.0 Å². The largest absolute Gasteiger partial charge is 0.366 e. The van der Waals surface area contributed by atoms with Gasteiger partial charge in [0.25, 0.3) is 5.89 Å². The van der Waals surface area contributed by atoms with Gasteiger partial charge in [0.2, 0.25) is 5.82 Å². The lowest BCUT2D eigenvalue weighted by Crippen LogP contribution is -2.44. The van der Waals surface area contributed by atoms with Crippen LogP contribution in [0.1, 0.15) is 11.9 Å². The van der Waals surface area contributed by atoms with E-state index in [-0.39, 0.29) is 6.03 Å². The molecule has 1 N–H and O–H groups in total. The summed E-state index contributed by atoms with van der Waals surface area (Å²) in [4.78, 5) is 22.5. The van der Waals surface area contributed by atoms with E-state index in [0.717, 1.165) is 5.56 Å². The Morgan fingerprint density at radius 3 is 2.88 bits per heavy atom. The van der Waals surface area contributed by atoms with Crippen LogP contribution in [0.4, 0.5) is 10.5 Å². The van der Waals surface area contributed by atoms with E-state index in [4.69, 9.17) is 9.26 Å². The fourth-order valence-corrected chi connectivity index (χ4v) is 2.69. The molecule has 0 aliphatic carbocycles. The first-order chi connectivity index (χ1) is 12.8. The number of benzene rings is 1. The molecule has 0 saturated carbocycles. The quantitative estimate of drug-likeness (QED) is 0.780. The zero-order valence-electron chi connectivity index (χ0n) is 13.9. The molecular weight excluding hydrogens is 334 g/mol. The highest BCUT2D eigenvalue weighted by molar-refractivity contribution is 5.89. The maximum Gasteiger partial charge on any atom is 0.322 e. The lowest BCUT2D eigenvalue weighted by atomic mass is 10.2. The van der Waals surface area contributed by atoms with Gasteiger partial charge in [-0.2, -0.15) is 4.98 Å². The summed E-state index contributed by atoms with van der Waals surface area (Å²) in [5.41, 5.74) is 1.49. The summed E-state index contributed by atoms with van der Waals surface area (Å²) in [6.07, 6.45) is 2.83. The molecule has 1 aliphatic rings. The van der Waals surface area contributed by atoms with Gasteiger partial charge in [0, 0.05) is 18.3 Å². The number of aromatic nitrogens is 3. The predicted molar refractivity (Wildman–Crippen MR) is 93.3 cm³/mol. The highest BCUT2D eigenvalue weighted by atomic mass is 16.5. The molecule has 1 atom stereocenters. The van der Waals surface area contributed by atoms with Gasteiger partial charge >= 0.3 is 6.03 Å². The van der Waals surface area contributed by atoms with Crippen LogP contribution in [0.25, 0.3) is 11.5 Å². The van der Waals surface area contributed by atoms with E-state index in [2.05, 4.69) is 20.4 Å². The van der Waals surface area contributed by atoms with Crippen molar-refractivity contribution in [2.24, 2.45) is 0 Å². The molecule has 3 heterocycles. The third kappa shape index (κ3) is 3.55. The van der Waals surface area contributed by atoms with Crippen LogP contribution in [0.5, 0.6) is 0 Å². The Kier molecular flexibility index (Phi) is 4.57. The zero-order chi connectivity index (χ0) is 17.8. The summed E-state index contributed by atoms with van der Waals surface area (Å²) in [5, 5.41) is 6.83. The second-order valence-electron chi connectivity index (χ2n) is 5.80. The van der Waals surface area contributed by atoms with E-state index in [1.165, 1.54) is 0 Å². The highest BCUT2D eigenvalue weighted by Gasteiger charge is 2.29. The number of nitrogens with one attached hydrogen (secondary N) is 1. The molecule has 2 amide bonds. The summed E-state index contributed by atoms with van der Waals surface area (Å²) in [5.74, 6) is 0.865. The summed E-state index contributed by atoms with van der Waals surface area (Å²) in [6, 6.07) is 12.9. The molecule has 0 spiro atoms. The van der Waals surface area contributed by atoms with Crippen molar-refractivity contribution in [2.75, 3.05) is 25.0 Å². The fraction of sp³-hybridized carbons (Fsp3) is 0.222. The van der Waals surface area contributed by atoms with E-state index in [1.807, 2.05) is 30.3 Å². The summed E-state index contributed by atoms with van der Waals surface area (Å²) in [7, 11) is 0. The Morgan fingerprint density at radius 2 is 2.08 bits per heavy atom. The number of hydrogen-bond acceptors (Lipinski definition) is 6.